The van der Waals surface area contributed by atoms with E-state index in [1.54, 1.807) is 0 Å². The summed E-state index contributed by atoms with van der Waals surface area (Å²) in [6, 6.07) is 4.86. The van der Waals surface area contributed by atoms with Gasteiger partial charge in [0.2, 0.25) is 0 Å². The van der Waals surface area contributed by atoms with Crippen molar-refractivity contribution in [3.05, 3.63) is 23.9 Å². The first kappa shape index (κ1) is 12.4. The van der Waals surface area contributed by atoms with E-state index < -0.39 is 0 Å². The van der Waals surface area contributed by atoms with Crippen molar-refractivity contribution in [3.63, 3.8) is 0 Å². The molecule has 1 N–H and O–H groups in total. The van der Waals surface area contributed by atoms with E-state index in [4.69, 9.17) is 0 Å². The second-order valence-electron chi connectivity index (χ2n) is 5.27. The highest BCUT2D eigenvalue weighted by atomic mass is 15.2. The molecule has 1 aromatic heterocycles. The van der Waals surface area contributed by atoms with Gasteiger partial charge < -0.3 is 5.32 Å². The molecule has 0 amide bonds. The lowest BCUT2D eigenvalue weighted by atomic mass is 10.1. The normalized spacial score (nSPS) is 21.1. The lowest BCUT2D eigenvalue weighted by molar-refractivity contribution is 0.228. The van der Waals surface area contributed by atoms with Crippen LogP contribution in [0.2, 0.25) is 0 Å². The summed E-state index contributed by atoms with van der Waals surface area (Å²) >= 11 is 0. The molecule has 0 aliphatic carbocycles. The van der Waals surface area contributed by atoms with Crippen LogP contribution in [0, 0.1) is 5.92 Å². The number of hydrogen-bond acceptors (Lipinski definition) is 3. The van der Waals surface area contributed by atoms with Crippen LogP contribution < -0.4 is 5.32 Å². The van der Waals surface area contributed by atoms with Crippen molar-refractivity contribution in [2.75, 3.05) is 25.5 Å². The summed E-state index contributed by atoms with van der Waals surface area (Å²) in [5.74, 6) is 1.68. The maximum absolute atomic E-state index is 4.42. The maximum Gasteiger partial charge on any atom is 0.125 e. The first-order valence-corrected chi connectivity index (χ1v) is 6.58. The van der Waals surface area contributed by atoms with Gasteiger partial charge in [0.05, 0.1) is 0 Å². The third kappa shape index (κ3) is 2.97. The molecule has 17 heavy (non-hydrogen) atoms. The van der Waals surface area contributed by atoms with Crippen LogP contribution in [0.4, 0.5) is 5.82 Å². The number of pyridine rings is 1. The van der Waals surface area contributed by atoms with Gasteiger partial charge in [0, 0.05) is 25.8 Å². The predicted octanol–water partition coefficient (Wildman–Crippen LogP) is 2.92. The number of aromatic nitrogens is 1. The molecule has 2 heterocycles. The Bertz CT molecular complexity index is 345. The van der Waals surface area contributed by atoms with Gasteiger partial charge in [-0.15, -0.1) is 0 Å². The molecular formula is C14H23N3. The quantitative estimate of drug-likeness (QED) is 0.866. The van der Waals surface area contributed by atoms with Crippen LogP contribution in [0.1, 0.15) is 38.3 Å². The fourth-order valence-corrected chi connectivity index (χ4v) is 2.64. The molecule has 1 aliphatic rings. The topological polar surface area (TPSA) is 28.2 Å². The molecule has 0 aromatic carbocycles. The number of likely N-dealkylation sites (tertiary alicyclic amines) is 1. The van der Waals surface area contributed by atoms with Crippen molar-refractivity contribution in [1.82, 2.24) is 9.88 Å². The Balaban J connectivity index is 2.08. The Morgan fingerprint density at radius 2 is 2.29 bits per heavy atom. The van der Waals surface area contributed by atoms with Gasteiger partial charge in [-0.2, -0.15) is 0 Å². The Morgan fingerprint density at radius 3 is 2.88 bits per heavy atom. The summed E-state index contributed by atoms with van der Waals surface area (Å²) in [5, 5.41) is 3.06. The molecule has 2 rings (SSSR count). The minimum Gasteiger partial charge on any atom is -0.373 e. The lowest BCUT2D eigenvalue weighted by Crippen LogP contribution is -2.27. The van der Waals surface area contributed by atoms with Crippen LogP contribution in [0.25, 0.3) is 0 Å². The zero-order valence-electron chi connectivity index (χ0n) is 11.1. The average molecular weight is 233 g/mol. The van der Waals surface area contributed by atoms with E-state index >= 15 is 0 Å². The van der Waals surface area contributed by atoms with E-state index in [1.807, 2.05) is 13.2 Å². The molecule has 0 spiro atoms. The van der Waals surface area contributed by atoms with Crippen molar-refractivity contribution in [2.45, 2.75) is 32.7 Å². The fourth-order valence-electron chi connectivity index (χ4n) is 2.64. The van der Waals surface area contributed by atoms with Crippen molar-refractivity contribution in [3.8, 4) is 0 Å². The van der Waals surface area contributed by atoms with E-state index in [0.717, 1.165) is 11.7 Å². The van der Waals surface area contributed by atoms with Gasteiger partial charge in [0.25, 0.3) is 0 Å². The molecule has 3 nitrogen and oxygen atoms in total. The molecule has 1 aromatic rings. The Kier molecular flexibility index (Phi) is 4.00. The monoisotopic (exact) mass is 233 g/mol. The molecule has 94 valence electrons. The minimum absolute atomic E-state index is 0.579. The van der Waals surface area contributed by atoms with Gasteiger partial charge in [0.1, 0.15) is 5.82 Å². The van der Waals surface area contributed by atoms with Gasteiger partial charge in [-0.3, -0.25) is 4.90 Å². The largest absolute Gasteiger partial charge is 0.373 e. The lowest BCUT2D eigenvalue weighted by Gasteiger charge is -2.26. The first-order valence-electron chi connectivity index (χ1n) is 6.58. The van der Waals surface area contributed by atoms with E-state index in [1.165, 1.54) is 31.5 Å². The number of hydrogen-bond donors (Lipinski definition) is 1. The van der Waals surface area contributed by atoms with Crippen molar-refractivity contribution in [1.29, 1.82) is 0 Å². The maximum atomic E-state index is 4.42. The number of anilines is 1. The van der Waals surface area contributed by atoms with Crippen LogP contribution in [-0.2, 0) is 0 Å². The third-order valence-electron chi connectivity index (χ3n) is 3.39. The molecule has 0 bridgehead atoms. The zero-order chi connectivity index (χ0) is 12.3. The second kappa shape index (κ2) is 5.50. The van der Waals surface area contributed by atoms with E-state index in [2.05, 4.69) is 41.2 Å². The molecule has 1 saturated heterocycles. The van der Waals surface area contributed by atoms with Crippen LogP contribution in [0.15, 0.2) is 18.3 Å². The number of nitrogens with one attached hydrogen (secondary N) is 1. The summed E-state index contributed by atoms with van der Waals surface area (Å²) in [6.45, 7) is 7.00. The predicted molar refractivity (Wildman–Crippen MR) is 72.2 cm³/mol. The Morgan fingerprint density at radius 1 is 1.47 bits per heavy atom. The molecule has 3 heteroatoms. The van der Waals surface area contributed by atoms with Gasteiger partial charge in [-0.1, -0.05) is 19.9 Å². The van der Waals surface area contributed by atoms with Gasteiger partial charge >= 0.3 is 0 Å². The standard InChI is InChI=1S/C14H23N3/c1-11(2)10-17-8-4-5-13(17)12-6-7-14(15-3)16-9-12/h6-7,9,11,13H,4-5,8,10H2,1-3H3,(H,15,16)/t13-/m0/s1. The van der Waals surface area contributed by atoms with E-state index in [9.17, 15) is 0 Å². The van der Waals surface area contributed by atoms with E-state index in [-0.39, 0.29) is 0 Å². The van der Waals surface area contributed by atoms with Crippen molar-refractivity contribution < 1.29 is 0 Å². The highest BCUT2D eigenvalue weighted by molar-refractivity contribution is 5.35. The average Bonchev–Trinajstić information content (AvgIpc) is 2.76. The summed E-state index contributed by atoms with van der Waals surface area (Å²) < 4.78 is 0. The van der Waals surface area contributed by atoms with E-state index in [0.29, 0.717) is 6.04 Å². The highest BCUT2D eigenvalue weighted by Gasteiger charge is 2.26. The SMILES string of the molecule is CNc1ccc([C@@H]2CCCN2CC(C)C)cn1. The smallest absolute Gasteiger partial charge is 0.125 e. The third-order valence-corrected chi connectivity index (χ3v) is 3.39. The van der Waals surface area contributed by atoms with Crippen LogP contribution in [0.5, 0.6) is 0 Å². The summed E-state index contributed by atoms with van der Waals surface area (Å²) in [4.78, 5) is 7.02. The molecule has 0 saturated carbocycles. The first-order chi connectivity index (χ1) is 8.20. The number of rotatable bonds is 4. The number of nitrogens with zero attached hydrogens (tertiary/aromatic N) is 2. The molecular weight excluding hydrogens is 210 g/mol. The van der Waals surface area contributed by atoms with Crippen molar-refractivity contribution >= 4 is 5.82 Å². The van der Waals surface area contributed by atoms with Crippen LogP contribution in [0.3, 0.4) is 0 Å². The zero-order valence-corrected chi connectivity index (χ0v) is 11.1. The minimum atomic E-state index is 0.579. The van der Waals surface area contributed by atoms with Gasteiger partial charge in [-0.25, -0.2) is 4.98 Å². The molecule has 0 unspecified atom stereocenters. The molecule has 1 fully saturated rings. The molecule has 0 radical (unpaired) electrons. The molecule has 1 aliphatic heterocycles. The van der Waals surface area contributed by atoms with Gasteiger partial charge in [-0.05, 0) is 36.9 Å². The Labute approximate surface area is 104 Å². The second-order valence-corrected chi connectivity index (χ2v) is 5.27. The summed E-state index contributed by atoms with van der Waals surface area (Å²) in [7, 11) is 1.91. The van der Waals surface area contributed by atoms with Crippen LogP contribution >= 0.6 is 0 Å². The van der Waals surface area contributed by atoms with Crippen LogP contribution in [-0.4, -0.2) is 30.0 Å². The summed E-state index contributed by atoms with van der Waals surface area (Å²) in [6.07, 6.45) is 4.60. The Hall–Kier alpha value is -1.09. The highest BCUT2D eigenvalue weighted by Crippen LogP contribution is 2.32. The fraction of sp³-hybridized carbons (Fsp3) is 0.643. The molecule has 1 atom stereocenters. The van der Waals surface area contributed by atoms with Crippen molar-refractivity contribution in [2.24, 2.45) is 5.92 Å². The summed E-state index contributed by atoms with van der Waals surface area (Å²) in [5.41, 5.74) is 1.36. The van der Waals surface area contributed by atoms with Gasteiger partial charge in [0.15, 0.2) is 0 Å².